The number of aromatic carboxylic acids is 1. The Morgan fingerprint density at radius 3 is 2.00 bits per heavy atom. The van der Waals surface area contributed by atoms with Crippen LogP contribution in [0.1, 0.15) is 23.3 Å². The van der Waals surface area contributed by atoms with Crippen LogP contribution in [0.3, 0.4) is 0 Å². The molecule has 8 nitrogen and oxygen atoms in total. The summed E-state index contributed by atoms with van der Waals surface area (Å²) < 4.78 is 0. The summed E-state index contributed by atoms with van der Waals surface area (Å²) >= 11 is 0. The molecule has 0 aliphatic heterocycles. The number of benzene rings is 2. The molecule has 0 fully saturated rings. The van der Waals surface area contributed by atoms with Crippen LogP contribution in [-0.2, 0) is 0 Å². The molecule has 0 saturated carbocycles. The van der Waals surface area contributed by atoms with Crippen LogP contribution in [0.2, 0.25) is 0 Å². The Kier molecular flexibility index (Phi) is 4.65. The van der Waals surface area contributed by atoms with Crippen LogP contribution in [-0.4, -0.2) is 41.9 Å². The number of H-pyrrole nitrogens is 2. The van der Waals surface area contributed by atoms with Gasteiger partial charge in [0.05, 0.1) is 5.56 Å². The molecular weight excluding hydrogens is 296 g/mol. The average molecular weight is 312 g/mol. The highest BCUT2D eigenvalue weighted by Crippen LogP contribution is 2.10. The average Bonchev–Trinajstić information content (AvgIpc) is 3.14. The van der Waals surface area contributed by atoms with Crippen molar-refractivity contribution < 1.29 is 9.90 Å². The van der Waals surface area contributed by atoms with Crippen molar-refractivity contribution in [2.75, 3.05) is 0 Å². The van der Waals surface area contributed by atoms with Gasteiger partial charge in [-0.3, -0.25) is 0 Å². The predicted octanol–water partition coefficient (Wildman–Crippen LogP) is 2.56. The van der Waals surface area contributed by atoms with Gasteiger partial charge in [0, 0.05) is 0 Å². The standard InChI is InChI=1S/C7H5N3O2.C7H7N3.CH4/c11-7(12)4-1-2-5-6(3-4)9-10-8-5;1-5-2-3-6-7(4-5)9-10-8-6;/h1-3H,(H,11,12)(H,8,9,10);2-4H,1H3,(H,8,9,10);1H4. The first kappa shape index (κ1) is 16.1. The smallest absolute Gasteiger partial charge is 0.335 e. The van der Waals surface area contributed by atoms with Crippen molar-refractivity contribution in [2.45, 2.75) is 14.4 Å². The summed E-state index contributed by atoms with van der Waals surface area (Å²) in [5, 5.41) is 29.0. The van der Waals surface area contributed by atoms with Gasteiger partial charge in [0.25, 0.3) is 0 Å². The van der Waals surface area contributed by atoms with E-state index in [4.69, 9.17) is 5.11 Å². The predicted molar refractivity (Wildman–Crippen MR) is 86.2 cm³/mol. The zero-order valence-corrected chi connectivity index (χ0v) is 11.6. The van der Waals surface area contributed by atoms with Crippen molar-refractivity contribution in [3.63, 3.8) is 0 Å². The van der Waals surface area contributed by atoms with Crippen molar-refractivity contribution in [1.82, 2.24) is 30.8 Å². The third kappa shape index (κ3) is 3.49. The summed E-state index contributed by atoms with van der Waals surface area (Å²) in [4.78, 5) is 10.5. The highest BCUT2D eigenvalue weighted by atomic mass is 16.4. The largest absolute Gasteiger partial charge is 0.478 e. The summed E-state index contributed by atoms with van der Waals surface area (Å²) in [5.41, 5.74) is 4.51. The summed E-state index contributed by atoms with van der Waals surface area (Å²) in [6.07, 6.45) is 0. The second kappa shape index (κ2) is 6.65. The highest BCUT2D eigenvalue weighted by molar-refractivity contribution is 5.91. The molecule has 0 spiro atoms. The minimum atomic E-state index is -0.958. The van der Waals surface area contributed by atoms with Gasteiger partial charge in [-0.15, -0.1) is 0 Å². The molecule has 0 amide bonds. The Balaban J connectivity index is 0.000000162. The van der Waals surface area contributed by atoms with E-state index in [1.165, 1.54) is 17.7 Å². The number of nitrogens with zero attached hydrogens (tertiary/aromatic N) is 4. The Hall–Kier alpha value is -3.29. The van der Waals surface area contributed by atoms with Crippen LogP contribution in [0.4, 0.5) is 0 Å². The molecule has 0 atom stereocenters. The number of aromatic nitrogens is 6. The molecule has 0 unspecified atom stereocenters. The minimum absolute atomic E-state index is 0. The maximum absolute atomic E-state index is 10.5. The molecule has 0 aliphatic carbocycles. The van der Waals surface area contributed by atoms with E-state index < -0.39 is 5.97 Å². The van der Waals surface area contributed by atoms with Crippen molar-refractivity contribution in [2.24, 2.45) is 0 Å². The first-order valence-corrected chi connectivity index (χ1v) is 6.44. The van der Waals surface area contributed by atoms with Gasteiger partial charge in [0.2, 0.25) is 0 Å². The molecule has 2 aromatic heterocycles. The minimum Gasteiger partial charge on any atom is -0.478 e. The molecular formula is C15H16N6O2. The summed E-state index contributed by atoms with van der Waals surface area (Å²) in [6.45, 7) is 2.04. The van der Waals surface area contributed by atoms with Crippen LogP contribution < -0.4 is 0 Å². The molecule has 3 N–H and O–H groups in total. The van der Waals surface area contributed by atoms with Crippen LogP contribution in [0.15, 0.2) is 36.4 Å². The van der Waals surface area contributed by atoms with E-state index in [9.17, 15) is 4.79 Å². The van der Waals surface area contributed by atoms with E-state index in [1.807, 2.05) is 25.1 Å². The Labute approximate surface area is 131 Å². The summed E-state index contributed by atoms with van der Waals surface area (Å²) in [5.74, 6) is -0.958. The lowest BCUT2D eigenvalue weighted by Crippen LogP contribution is -1.94. The fourth-order valence-corrected chi connectivity index (χ4v) is 1.92. The molecule has 4 aromatic rings. The number of aromatic amines is 2. The number of aryl methyl sites for hydroxylation is 1. The van der Waals surface area contributed by atoms with Crippen LogP contribution in [0, 0.1) is 6.92 Å². The van der Waals surface area contributed by atoms with Gasteiger partial charge in [-0.2, -0.15) is 30.8 Å². The van der Waals surface area contributed by atoms with E-state index in [0.29, 0.717) is 11.0 Å². The number of carbonyl (C=O) groups is 1. The molecule has 0 radical (unpaired) electrons. The number of hydrogen-bond acceptors (Lipinski definition) is 5. The van der Waals surface area contributed by atoms with Gasteiger partial charge >= 0.3 is 5.97 Å². The van der Waals surface area contributed by atoms with Gasteiger partial charge in [-0.25, -0.2) is 4.79 Å². The zero-order chi connectivity index (χ0) is 15.5. The second-order valence-corrected chi connectivity index (χ2v) is 4.65. The summed E-state index contributed by atoms with van der Waals surface area (Å²) in [7, 11) is 0. The van der Waals surface area contributed by atoms with Gasteiger partial charge in [0.15, 0.2) is 0 Å². The van der Waals surface area contributed by atoms with Crippen LogP contribution in [0.5, 0.6) is 0 Å². The molecule has 2 heterocycles. The van der Waals surface area contributed by atoms with E-state index in [1.54, 1.807) is 6.07 Å². The van der Waals surface area contributed by atoms with E-state index >= 15 is 0 Å². The second-order valence-electron chi connectivity index (χ2n) is 4.65. The van der Waals surface area contributed by atoms with Crippen molar-refractivity contribution >= 4 is 28.0 Å². The third-order valence-electron chi connectivity index (χ3n) is 3.04. The lowest BCUT2D eigenvalue weighted by Gasteiger charge is -1.90. The lowest BCUT2D eigenvalue weighted by molar-refractivity contribution is 0.0697. The monoisotopic (exact) mass is 312 g/mol. The number of hydrogen-bond donors (Lipinski definition) is 3. The molecule has 23 heavy (non-hydrogen) atoms. The molecule has 0 saturated heterocycles. The Bertz CT molecular complexity index is 943. The van der Waals surface area contributed by atoms with E-state index in [0.717, 1.165) is 11.0 Å². The molecule has 2 aromatic carbocycles. The fourth-order valence-electron chi connectivity index (χ4n) is 1.92. The third-order valence-corrected chi connectivity index (χ3v) is 3.04. The Morgan fingerprint density at radius 2 is 1.39 bits per heavy atom. The van der Waals surface area contributed by atoms with Gasteiger partial charge in [0.1, 0.15) is 22.1 Å². The van der Waals surface area contributed by atoms with Gasteiger partial charge in [-0.05, 0) is 42.8 Å². The highest BCUT2D eigenvalue weighted by Gasteiger charge is 2.04. The first-order valence-electron chi connectivity index (χ1n) is 6.44. The zero-order valence-electron chi connectivity index (χ0n) is 11.6. The number of rotatable bonds is 1. The maximum Gasteiger partial charge on any atom is 0.335 e. The number of nitrogens with one attached hydrogen (secondary N) is 2. The molecule has 118 valence electrons. The van der Waals surface area contributed by atoms with Gasteiger partial charge < -0.3 is 5.11 Å². The topological polar surface area (TPSA) is 120 Å². The molecule has 8 heteroatoms. The maximum atomic E-state index is 10.5. The molecule has 0 aliphatic rings. The SMILES string of the molecule is C.Cc1ccc2n[nH]nc2c1.O=C(O)c1ccc2n[nH]nc2c1. The van der Waals surface area contributed by atoms with Crippen molar-refractivity contribution in [1.29, 1.82) is 0 Å². The normalized spacial score (nSPS) is 9.96. The first-order chi connectivity index (χ1) is 10.6. The van der Waals surface area contributed by atoms with E-state index in [2.05, 4.69) is 30.8 Å². The van der Waals surface area contributed by atoms with E-state index in [-0.39, 0.29) is 13.0 Å². The van der Waals surface area contributed by atoms with Gasteiger partial charge in [-0.1, -0.05) is 13.5 Å². The fraction of sp³-hybridized carbons (Fsp3) is 0.133. The number of carboxylic acids is 1. The quantitative estimate of drug-likeness (QED) is 0.496. The van der Waals surface area contributed by atoms with Crippen molar-refractivity contribution in [3.8, 4) is 0 Å². The molecule has 4 rings (SSSR count). The van der Waals surface area contributed by atoms with Crippen LogP contribution >= 0.6 is 0 Å². The van der Waals surface area contributed by atoms with Crippen molar-refractivity contribution in [3.05, 3.63) is 47.5 Å². The Morgan fingerprint density at radius 1 is 0.870 bits per heavy atom. The lowest BCUT2D eigenvalue weighted by atomic mass is 10.2. The molecule has 0 bridgehead atoms. The van der Waals surface area contributed by atoms with Crippen LogP contribution in [0.25, 0.3) is 22.1 Å². The number of carboxylic acid groups (broad SMARTS) is 1. The number of fused-ring (bicyclic) bond motifs is 2. The summed E-state index contributed by atoms with van der Waals surface area (Å²) in [6, 6.07) is 10.6.